The number of ether oxygens (including phenoxy) is 4. The van der Waals surface area contributed by atoms with Crippen LogP contribution in [0.25, 0.3) is 16.8 Å². The fourth-order valence-electron chi connectivity index (χ4n) is 5.78. The molecule has 2 amide bonds. The number of carbonyl (C=O) groups is 3. The van der Waals surface area contributed by atoms with Gasteiger partial charge in [-0.25, -0.2) is 28.1 Å². The molecule has 2 aliphatic heterocycles. The molecule has 53 heavy (non-hydrogen) atoms. The minimum Gasteiger partial charge on any atom is -0.469 e. The van der Waals surface area contributed by atoms with Gasteiger partial charge in [0.15, 0.2) is 18.0 Å². The van der Waals surface area contributed by atoms with Crippen LogP contribution >= 0.6 is 46.4 Å². The molecule has 2 unspecified atom stereocenters. The molecule has 5 rings (SSSR count). The molecule has 3 aromatic rings. The van der Waals surface area contributed by atoms with Gasteiger partial charge in [0.25, 0.3) is 0 Å². The average molecular weight is 821 g/mol. The van der Waals surface area contributed by atoms with Crippen molar-refractivity contribution in [1.29, 1.82) is 0 Å². The summed E-state index contributed by atoms with van der Waals surface area (Å²) in [6.45, 7) is 9.46. The number of piperazine rings is 1. The van der Waals surface area contributed by atoms with Crippen LogP contribution in [0.5, 0.6) is 5.88 Å². The summed E-state index contributed by atoms with van der Waals surface area (Å²) in [7, 11) is 0. The SMILES string of the molecule is CCOC(=O)C1=C(c2ccc(OCc3cc(-c4c(F)ccc(F)c4Cl)no3)nc2)CC2CN(C(=O)OC(C)(C)C)CC1N2C(=O)OC(C)(C)C(Cl)(Cl)Cl. The summed E-state index contributed by atoms with van der Waals surface area (Å²) >= 11 is 24.3. The third-order valence-corrected chi connectivity index (χ3v) is 10.1. The van der Waals surface area contributed by atoms with Crippen molar-refractivity contribution in [2.45, 2.75) is 81.6 Å². The third kappa shape index (κ3) is 8.93. The highest BCUT2D eigenvalue weighted by atomic mass is 35.6. The largest absolute Gasteiger partial charge is 0.469 e. The molecule has 1 fully saturated rings. The second-order valence-corrected chi connectivity index (χ2v) is 16.4. The summed E-state index contributed by atoms with van der Waals surface area (Å²) in [6.07, 6.45) is 0.0783. The quantitative estimate of drug-likeness (QED) is 0.0943. The van der Waals surface area contributed by atoms with Gasteiger partial charge in [-0.15, -0.1) is 0 Å². The van der Waals surface area contributed by atoms with E-state index < -0.39 is 61.9 Å². The lowest BCUT2D eigenvalue weighted by Crippen LogP contribution is -2.66. The van der Waals surface area contributed by atoms with Crippen LogP contribution < -0.4 is 4.74 Å². The van der Waals surface area contributed by atoms with E-state index in [1.54, 1.807) is 39.8 Å². The first kappa shape index (κ1) is 40.3. The van der Waals surface area contributed by atoms with Crippen LogP contribution in [0.2, 0.25) is 5.02 Å². The molecule has 0 saturated carbocycles. The normalized spacial score (nSPS) is 17.8. The Morgan fingerprint density at radius 2 is 1.68 bits per heavy atom. The van der Waals surface area contributed by atoms with Gasteiger partial charge in [0.2, 0.25) is 9.67 Å². The maximum atomic E-state index is 14.4. The Labute approximate surface area is 324 Å². The van der Waals surface area contributed by atoms with Gasteiger partial charge in [-0.3, -0.25) is 4.90 Å². The second-order valence-electron chi connectivity index (χ2n) is 13.7. The van der Waals surface area contributed by atoms with Crippen molar-refractivity contribution in [1.82, 2.24) is 19.9 Å². The molecule has 1 aromatic carbocycles. The molecular weight excluding hydrogens is 784 g/mol. The van der Waals surface area contributed by atoms with E-state index in [2.05, 4.69) is 10.1 Å². The smallest absolute Gasteiger partial charge is 0.411 e. The Hall–Kier alpha value is -3.85. The Balaban J connectivity index is 1.44. The molecule has 0 N–H and O–H groups in total. The van der Waals surface area contributed by atoms with Crippen LogP contribution in [-0.2, 0) is 25.6 Å². The molecule has 2 aliphatic rings. The summed E-state index contributed by atoms with van der Waals surface area (Å²) < 4.78 is 54.1. The van der Waals surface area contributed by atoms with Crippen molar-refractivity contribution in [2.75, 3.05) is 19.7 Å². The third-order valence-electron chi connectivity index (χ3n) is 8.34. The van der Waals surface area contributed by atoms with Gasteiger partial charge in [-0.1, -0.05) is 51.6 Å². The van der Waals surface area contributed by atoms with Gasteiger partial charge in [0, 0.05) is 31.4 Å². The zero-order valence-electron chi connectivity index (χ0n) is 29.5. The Bertz CT molecular complexity index is 1910. The average Bonchev–Trinajstić information content (AvgIpc) is 3.52. The first-order valence-electron chi connectivity index (χ1n) is 16.4. The number of esters is 1. The summed E-state index contributed by atoms with van der Waals surface area (Å²) in [4.78, 5) is 48.0. The number of carbonyl (C=O) groups excluding carboxylic acids is 3. The van der Waals surface area contributed by atoms with Crippen LogP contribution in [0.3, 0.4) is 0 Å². The zero-order chi connectivity index (χ0) is 39.0. The number of pyridine rings is 1. The van der Waals surface area contributed by atoms with E-state index in [0.717, 1.165) is 12.1 Å². The lowest BCUT2D eigenvalue weighted by atomic mass is 9.82. The molecule has 18 heteroatoms. The van der Waals surface area contributed by atoms with Crippen LogP contribution in [-0.4, -0.2) is 84.9 Å². The van der Waals surface area contributed by atoms with Crippen molar-refractivity contribution in [3.05, 3.63) is 70.1 Å². The molecule has 0 spiro atoms. The first-order valence-corrected chi connectivity index (χ1v) is 17.9. The molecule has 12 nitrogen and oxygen atoms in total. The second kappa shape index (κ2) is 15.5. The molecular formula is C35H36Cl4F2N4O8. The van der Waals surface area contributed by atoms with Crippen LogP contribution in [0.15, 0.2) is 46.6 Å². The summed E-state index contributed by atoms with van der Waals surface area (Å²) in [5.41, 5.74) is -1.49. The fourth-order valence-corrected chi connectivity index (χ4v) is 6.15. The van der Waals surface area contributed by atoms with Crippen LogP contribution in [0.4, 0.5) is 18.4 Å². The number of amides is 2. The number of hydrogen-bond acceptors (Lipinski definition) is 10. The maximum absolute atomic E-state index is 14.4. The number of aromatic nitrogens is 2. The Morgan fingerprint density at radius 3 is 2.30 bits per heavy atom. The Kier molecular flexibility index (Phi) is 11.8. The van der Waals surface area contributed by atoms with Crippen molar-refractivity contribution >= 4 is 70.1 Å². The topological polar surface area (TPSA) is 134 Å². The zero-order valence-corrected chi connectivity index (χ0v) is 32.5. The van der Waals surface area contributed by atoms with Gasteiger partial charge in [0.1, 0.15) is 22.9 Å². The number of hydrogen-bond donors (Lipinski definition) is 0. The van der Waals surface area contributed by atoms with Crippen LogP contribution in [0.1, 0.15) is 59.3 Å². The van der Waals surface area contributed by atoms with Crippen LogP contribution in [0, 0.1) is 11.6 Å². The molecule has 0 radical (unpaired) electrons. The minimum atomic E-state index is -1.99. The molecule has 2 bridgehead atoms. The number of alkyl halides is 3. The monoisotopic (exact) mass is 818 g/mol. The predicted molar refractivity (Wildman–Crippen MR) is 192 cm³/mol. The van der Waals surface area contributed by atoms with Gasteiger partial charge in [-0.05, 0) is 77.3 Å². The van der Waals surface area contributed by atoms with E-state index in [1.807, 2.05) is 0 Å². The van der Waals surface area contributed by atoms with E-state index in [4.69, 9.17) is 69.9 Å². The summed E-state index contributed by atoms with van der Waals surface area (Å²) in [5, 5.41) is 3.35. The number of fused-ring (bicyclic) bond motifs is 2. The minimum absolute atomic E-state index is 0.0193. The van der Waals surface area contributed by atoms with E-state index in [-0.39, 0.29) is 61.2 Å². The first-order chi connectivity index (χ1) is 24.7. The van der Waals surface area contributed by atoms with E-state index >= 15 is 0 Å². The highest BCUT2D eigenvalue weighted by Gasteiger charge is 2.52. The number of halogens is 6. The summed E-state index contributed by atoms with van der Waals surface area (Å²) in [6, 6.07) is 4.68. The standard InChI is InChI=1S/C35H36Cl4F2N4O8/c1-7-49-30(46)27-21(18-8-11-26(42-14-18)50-17-20-13-24(43-53-20)28-22(40)9-10-23(41)29(28)36)12-19-15-44(31(47)51-33(2,3)4)16-25(27)45(19)32(48)52-34(5,6)35(37,38)39/h8-11,13-14,19,25H,7,12,15-17H2,1-6H3. The molecule has 1 saturated heterocycles. The van der Waals surface area contributed by atoms with Crippen molar-refractivity contribution in [2.24, 2.45) is 0 Å². The molecule has 0 aliphatic carbocycles. The van der Waals surface area contributed by atoms with E-state index in [0.29, 0.717) is 11.1 Å². The highest BCUT2D eigenvalue weighted by molar-refractivity contribution is 6.68. The lowest BCUT2D eigenvalue weighted by molar-refractivity contribution is -0.140. The summed E-state index contributed by atoms with van der Waals surface area (Å²) in [5.74, 6) is -1.97. The molecule has 286 valence electrons. The van der Waals surface area contributed by atoms with Gasteiger partial charge < -0.3 is 28.4 Å². The fraction of sp³-hybridized carbons (Fsp3) is 0.457. The molecule has 2 atom stereocenters. The lowest BCUT2D eigenvalue weighted by Gasteiger charge is -2.50. The Morgan fingerprint density at radius 1 is 0.981 bits per heavy atom. The van der Waals surface area contributed by atoms with E-state index in [1.165, 1.54) is 35.9 Å². The molecule has 2 aromatic heterocycles. The number of benzene rings is 1. The van der Waals surface area contributed by atoms with Gasteiger partial charge in [-0.2, -0.15) is 0 Å². The van der Waals surface area contributed by atoms with Crippen molar-refractivity contribution < 1.29 is 46.6 Å². The number of nitrogens with zero attached hydrogens (tertiary/aromatic N) is 4. The predicted octanol–water partition coefficient (Wildman–Crippen LogP) is 8.54. The maximum Gasteiger partial charge on any atom is 0.411 e. The van der Waals surface area contributed by atoms with Crippen molar-refractivity contribution in [3.8, 4) is 17.1 Å². The van der Waals surface area contributed by atoms with Gasteiger partial charge in [0.05, 0.1) is 34.8 Å². The highest BCUT2D eigenvalue weighted by Crippen LogP contribution is 2.44. The van der Waals surface area contributed by atoms with E-state index in [9.17, 15) is 23.2 Å². The van der Waals surface area contributed by atoms with Gasteiger partial charge >= 0.3 is 18.2 Å². The molecule has 4 heterocycles. The van der Waals surface area contributed by atoms with Crippen molar-refractivity contribution in [3.63, 3.8) is 0 Å². The number of rotatable bonds is 8.